The maximum Gasteiger partial charge on any atom is 0.213 e. The summed E-state index contributed by atoms with van der Waals surface area (Å²) in [5.41, 5.74) is 0.583. The van der Waals surface area contributed by atoms with Gasteiger partial charge in [0, 0.05) is 6.07 Å². The topological polar surface area (TPSA) is 22.1 Å². The first kappa shape index (κ1) is 7.10. The van der Waals surface area contributed by atoms with Gasteiger partial charge in [0.15, 0.2) is 0 Å². The Morgan fingerprint density at radius 1 is 1.67 bits per heavy atom. The van der Waals surface area contributed by atoms with Crippen molar-refractivity contribution in [1.29, 1.82) is 0 Å². The monoisotopic (exact) mass is 162 g/mol. The third kappa shape index (κ3) is 2.23. The smallest absolute Gasteiger partial charge is 0.213 e. The number of ether oxygens (including phenoxy) is 1. The van der Waals surface area contributed by atoms with E-state index < -0.39 is 0 Å². The van der Waals surface area contributed by atoms with E-state index in [0.717, 1.165) is 0 Å². The van der Waals surface area contributed by atoms with Crippen molar-refractivity contribution in [3.63, 3.8) is 0 Å². The highest BCUT2D eigenvalue weighted by Gasteiger charge is 1.91. The minimum absolute atomic E-state index is 0.328. The predicted octanol–water partition coefficient (Wildman–Crippen LogP) is 2.29. The van der Waals surface area contributed by atoms with E-state index >= 15 is 0 Å². The van der Waals surface area contributed by atoms with Gasteiger partial charge in [0.2, 0.25) is 5.88 Å². The van der Waals surface area contributed by atoms with Gasteiger partial charge in [0.25, 0.3) is 0 Å². The van der Waals surface area contributed by atoms with Crippen molar-refractivity contribution in [2.24, 2.45) is 0 Å². The Balaban J connectivity index is 3.01. The van der Waals surface area contributed by atoms with Crippen molar-refractivity contribution < 1.29 is 6.11 Å². The lowest BCUT2D eigenvalue weighted by Crippen LogP contribution is -1.87. The lowest BCUT2D eigenvalue weighted by Gasteiger charge is -1.97. The van der Waals surface area contributed by atoms with Crippen LogP contribution in [0.3, 0.4) is 0 Å². The molecule has 0 unspecified atom stereocenters. The molecule has 1 aromatic heterocycles. The fraction of sp³-hybridized carbons (Fsp3) is 0.100. The molecule has 0 atom stereocenters. The summed E-state index contributed by atoms with van der Waals surface area (Å²) in [6, 6.07) is 5.62. The molecule has 0 amide bonds. The van der Waals surface area contributed by atoms with Crippen molar-refractivity contribution in [2.75, 3.05) is 7.11 Å². The van der Waals surface area contributed by atoms with Crippen LogP contribution in [0.4, 0.5) is 0 Å². The van der Waals surface area contributed by atoms with Crippen LogP contribution in [-0.2, 0) is 0 Å². The van der Waals surface area contributed by atoms with Crippen molar-refractivity contribution in [3.05, 3.63) is 42.6 Å². The fourth-order valence-electron chi connectivity index (χ4n) is 0.753. The van der Waals surface area contributed by atoms with E-state index in [-0.39, 0.29) is 0 Å². The van der Waals surface area contributed by atoms with E-state index in [1.54, 1.807) is 37.5 Å². The lowest BCUT2D eigenvalue weighted by atomic mass is 10.3. The van der Waals surface area contributed by atoms with Gasteiger partial charge in [0.1, 0.15) is 0 Å². The Morgan fingerprint density at radius 3 is 3.17 bits per heavy atom. The SMILES string of the molecule is [2H]/C(=C\C=C)c1cccc(OC)n1. The molecule has 0 bridgehead atoms. The molecule has 1 rings (SSSR count). The Morgan fingerprint density at radius 2 is 2.50 bits per heavy atom. The number of rotatable bonds is 3. The van der Waals surface area contributed by atoms with Crippen molar-refractivity contribution in [1.82, 2.24) is 4.98 Å². The number of aromatic nitrogens is 1. The second-order valence-corrected chi connectivity index (χ2v) is 2.11. The summed E-state index contributed by atoms with van der Waals surface area (Å²) in [6.07, 6.45) is 3.14. The van der Waals surface area contributed by atoms with E-state index in [1.165, 1.54) is 0 Å². The largest absolute Gasteiger partial charge is 0.481 e. The van der Waals surface area contributed by atoms with E-state index in [9.17, 15) is 0 Å². The summed E-state index contributed by atoms with van der Waals surface area (Å²) < 4.78 is 12.5. The van der Waals surface area contributed by atoms with Gasteiger partial charge in [-0.15, -0.1) is 0 Å². The summed E-state index contributed by atoms with van der Waals surface area (Å²) in [5, 5.41) is 0. The average Bonchev–Trinajstić information content (AvgIpc) is 2.18. The molecule has 0 radical (unpaired) electrons. The van der Waals surface area contributed by atoms with Crippen LogP contribution in [-0.4, -0.2) is 12.1 Å². The van der Waals surface area contributed by atoms with E-state index in [0.29, 0.717) is 17.6 Å². The number of nitrogens with zero attached hydrogens (tertiary/aromatic N) is 1. The third-order valence-electron chi connectivity index (χ3n) is 1.28. The number of hydrogen-bond donors (Lipinski definition) is 0. The Hall–Kier alpha value is -1.57. The molecule has 0 saturated heterocycles. The van der Waals surface area contributed by atoms with Crippen molar-refractivity contribution in [2.45, 2.75) is 0 Å². The molecule has 12 heavy (non-hydrogen) atoms. The highest BCUT2D eigenvalue weighted by molar-refractivity contribution is 5.47. The van der Waals surface area contributed by atoms with E-state index in [4.69, 9.17) is 6.11 Å². The molecular weight excluding hydrogens is 150 g/mol. The molecule has 1 heterocycles. The van der Waals surface area contributed by atoms with Crippen LogP contribution in [0.2, 0.25) is 0 Å². The zero-order valence-electron chi connectivity index (χ0n) is 7.95. The number of pyridine rings is 1. The molecule has 1 aromatic rings. The molecule has 0 aromatic carbocycles. The highest BCUT2D eigenvalue weighted by Crippen LogP contribution is 2.07. The second-order valence-electron chi connectivity index (χ2n) is 2.11. The van der Waals surface area contributed by atoms with Crippen LogP contribution >= 0.6 is 0 Å². The molecule has 0 N–H and O–H groups in total. The van der Waals surface area contributed by atoms with Gasteiger partial charge < -0.3 is 4.74 Å². The molecule has 2 heteroatoms. The Labute approximate surface area is 73.6 Å². The maximum absolute atomic E-state index is 7.56. The summed E-state index contributed by atoms with van der Waals surface area (Å²) in [5.74, 6) is 0.514. The Kier molecular flexibility index (Phi) is 2.57. The normalized spacial score (nSPS) is 12.1. The molecule has 0 saturated carbocycles. The molecule has 0 spiro atoms. The van der Waals surface area contributed by atoms with Gasteiger partial charge >= 0.3 is 0 Å². The molecular formula is C10H11NO. The van der Waals surface area contributed by atoms with Gasteiger partial charge in [-0.2, -0.15) is 0 Å². The van der Waals surface area contributed by atoms with Crippen LogP contribution in [0.25, 0.3) is 6.05 Å². The summed E-state index contributed by atoms with van der Waals surface area (Å²) in [7, 11) is 1.55. The van der Waals surface area contributed by atoms with Crippen molar-refractivity contribution >= 4 is 6.05 Å². The highest BCUT2D eigenvalue weighted by atomic mass is 16.5. The predicted molar refractivity (Wildman–Crippen MR) is 50.0 cm³/mol. The summed E-state index contributed by atoms with van der Waals surface area (Å²) in [4.78, 5) is 4.08. The van der Waals surface area contributed by atoms with E-state index in [1.807, 2.05) is 0 Å². The molecule has 0 fully saturated rings. The first-order valence-electron chi connectivity index (χ1n) is 4.08. The van der Waals surface area contributed by atoms with Crippen LogP contribution in [0, 0.1) is 0 Å². The first-order valence-corrected chi connectivity index (χ1v) is 3.58. The average molecular weight is 162 g/mol. The summed E-state index contributed by atoms with van der Waals surface area (Å²) in [6.45, 7) is 3.51. The van der Waals surface area contributed by atoms with Crippen LogP contribution in [0.5, 0.6) is 5.88 Å². The standard InChI is InChI=1S/C10H11NO/c1-3-4-6-9-7-5-8-10(11-9)12-2/h3-8H,1H2,2H3/b6-4+/i6D. The molecule has 0 aliphatic heterocycles. The molecule has 2 nitrogen and oxygen atoms in total. The number of hydrogen-bond acceptors (Lipinski definition) is 2. The zero-order valence-corrected chi connectivity index (χ0v) is 6.95. The van der Waals surface area contributed by atoms with Gasteiger partial charge in [-0.1, -0.05) is 24.8 Å². The summed E-state index contributed by atoms with van der Waals surface area (Å²) >= 11 is 0. The van der Waals surface area contributed by atoms with Crippen molar-refractivity contribution in [3.8, 4) is 5.88 Å². The molecule has 0 aliphatic carbocycles. The molecule has 62 valence electrons. The lowest BCUT2D eigenvalue weighted by molar-refractivity contribution is 0.397. The van der Waals surface area contributed by atoms with Gasteiger partial charge in [0.05, 0.1) is 14.2 Å². The number of allylic oxidation sites excluding steroid dienone is 2. The maximum atomic E-state index is 7.56. The van der Waals surface area contributed by atoms with Crippen LogP contribution in [0.15, 0.2) is 36.9 Å². The van der Waals surface area contributed by atoms with Crippen LogP contribution in [0.1, 0.15) is 7.06 Å². The number of methoxy groups -OCH3 is 1. The van der Waals surface area contributed by atoms with Gasteiger partial charge in [-0.3, -0.25) is 0 Å². The Bertz CT molecular complexity index is 333. The third-order valence-corrected chi connectivity index (χ3v) is 1.28. The molecule has 0 aliphatic rings. The van der Waals surface area contributed by atoms with Gasteiger partial charge in [-0.05, 0) is 12.1 Å². The zero-order chi connectivity index (χ0) is 9.68. The van der Waals surface area contributed by atoms with Crippen LogP contribution < -0.4 is 4.74 Å². The quantitative estimate of drug-likeness (QED) is 0.636. The second kappa shape index (κ2) is 4.34. The van der Waals surface area contributed by atoms with Gasteiger partial charge in [-0.25, -0.2) is 4.98 Å². The first-order chi connectivity index (χ1) is 6.27. The fourth-order valence-corrected chi connectivity index (χ4v) is 0.753. The minimum atomic E-state index is 0.328. The van der Waals surface area contributed by atoms with E-state index in [2.05, 4.69) is 11.6 Å². The minimum Gasteiger partial charge on any atom is -0.481 e.